The zero-order valence-electron chi connectivity index (χ0n) is 10.3. The van der Waals surface area contributed by atoms with Crippen molar-refractivity contribution < 1.29 is 17.9 Å². The van der Waals surface area contributed by atoms with E-state index >= 15 is 0 Å². The lowest BCUT2D eigenvalue weighted by Gasteiger charge is -2.14. The van der Waals surface area contributed by atoms with Gasteiger partial charge in [0.15, 0.2) is 0 Å². The fraction of sp³-hybridized carbons (Fsp3) is 0.538. The van der Waals surface area contributed by atoms with Crippen molar-refractivity contribution in [1.29, 1.82) is 0 Å². The van der Waals surface area contributed by atoms with Crippen molar-refractivity contribution in [3.63, 3.8) is 0 Å². The third kappa shape index (κ3) is 4.91. The van der Waals surface area contributed by atoms with E-state index in [0.717, 1.165) is 18.4 Å². The smallest absolute Gasteiger partial charge is 0.392 e. The first-order chi connectivity index (χ1) is 8.96. The molecule has 0 spiro atoms. The Morgan fingerprint density at radius 3 is 2.68 bits per heavy atom. The molecule has 0 unspecified atom stereocenters. The summed E-state index contributed by atoms with van der Waals surface area (Å²) < 4.78 is 41.4. The number of rotatable bonds is 6. The lowest BCUT2D eigenvalue weighted by molar-refractivity contribution is -0.139. The maximum Gasteiger partial charge on any atom is 0.392 e. The first-order valence-corrected chi connectivity index (χ1v) is 6.54. The fourth-order valence-electron chi connectivity index (χ4n) is 1.66. The fourth-order valence-corrected chi connectivity index (χ4v) is 1.89. The standard InChI is InChI=1S/C13H15ClF3NO/c14-11-2-1-3-12(19-7-6-13(15,16)17)10(11)8-18-9-4-5-9/h1-3,9,18H,4-8H2. The molecule has 0 aromatic heterocycles. The summed E-state index contributed by atoms with van der Waals surface area (Å²) in [6.07, 6.45) is -2.90. The average Bonchev–Trinajstić information content (AvgIpc) is 3.10. The third-order valence-corrected chi connectivity index (χ3v) is 3.22. The summed E-state index contributed by atoms with van der Waals surface area (Å²) in [5.41, 5.74) is 0.721. The summed E-state index contributed by atoms with van der Waals surface area (Å²) in [5, 5.41) is 3.79. The van der Waals surface area contributed by atoms with Crippen molar-refractivity contribution in [3.05, 3.63) is 28.8 Å². The van der Waals surface area contributed by atoms with E-state index in [1.807, 2.05) is 0 Å². The molecule has 0 radical (unpaired) electrons. The van der Waals surface area contributed by atoms with E-state index in [4.69, 9.17) is 16.3 Å². The molecule has 1 aliphatic carbocycles. The Morgan fingerprint density at radius 1 is 1.32 bits per heavy atom. The molecule has 2 nitrogen and oxygen atoms in total. The van der Waals surface area contributed by atoms with Crippen LogP contribution in [0.5, 0.6) is 5.75 Å². The van der Waals surface area contributed by atoms with Crippen LogP contribution in [0, 0.1) is 0 Å². The number of halogens is 4. The number of hydrogen-bond donors (Lipinski definition) is 1. The van der Waals surface area contributed by atoms with E-state index in [0.29, 0.717) is 23.4 Å². The topological polar surface area (TPSA) is 21.3 Å². The van der Waals surface area contributed by atoms with Gasteiger partial charge in [-0.2, -0.15) is 13.2 Å². The summed E-state index contributed by atoms with van der Waals surface area (Å²) in [5.74, 6) is 0.421. The van der Waals surface area contributed by atoms with Gasteiger partial charge in [0.2, 0.25) is 0 Å². The third-order valence-electron chi connectivity index (χ3n) is 2.86. The zero-order chi connectivity index (χ0) is 13.9. The van der Waals surface area contributed by atoms with Gasteiger partial charge in [-0.3, -0.25) is 0 Å². The minimum Gasteiger partial charge on any atom is -0.493 e. The number of hydrogen-bond acceptors (Lipinski definition) is 2. The molecule has 1 fully saturated rings. The molecule has 0 atom stereocenters. The molecule has 0 heterocycles. The van der Waals surface area contributed by atoms with Crippen molar-refractivity contribution in [2.75, 3.05) is 6.61 Å². The summed E-state index contributed by atoms with van der Waals surface area (Å²) in [6.45, 7) is 0.131. The maximum absolute atomic E-state index is 12.1. The van der Waals surface area contributed by atoms with Gasteiger partial charge in [-0.1, -0.05) is 17.7 Å². The molecule has 0 saturated heterocycles. The second-order valence-corrected chi connectivity index (χ2v) is 4.99. The van der Waals surface area contributed by atoms with Gasteiger partial charge in [0.25, 0.3) is 0 Å². The molecule has 6 heteroatoms. The first kappa shape index (κ1) is 14.5. The quantitative estimate of drug-likeness (QED) is 0.858. The summed E-state index contributed by atoms with van der Waals surface area (Å²) in [7, 11) is 0. The Hall–Kier alpha value is -0.940. The first-order valence-electron chi connectivity index (χ1n) is 6.16. The van der Waals surface area contributed by atoms with E-state index in [1.54, 1.807) is 18.2 Å². The van der Waals surface area contributed by atoms with Crippen LogP contribution in [0.4, 0.5) is 13.2 Å². The van der Waals surface area contributed by atoms with Crippen molar-refractivity contribution in [3.8, 4) is 5.75 Å². The lowest BCUT2D eigenvalue weighted by atomic mass is 10.2. The predicted octanol–water partition coefficient (Wildman–Crippen LogP) is 3.92. The van der Waals surface area contributed by atoms with Crippen LogP contribution in [0.1, 0.15) is 24.8 Å². The number of alkyl halides is 3. The molecule has 19 heavy (non-hydrogen) atoms. The molecular formula is C13H15ClF3NO. The van der Waals surface area contributed by atoms with Gasteiger partial charge < -0.3 is 10.1 Å². The highest BCUT2D eigenvalue weighted by Crippen LogP contribution is 2.29. The summed E-state index contributed by atoms with van der Waals surface area (Å²) >= 11 is 6.06. The van der Waals surface area contributed by atoms with E-state index < -0.39 is 12.6 Å². The SMILES string of the molecule is FC(F)(F)CCOc1cccc(Cl)c1CNC1CC1. The Bertz CT molecular complexity index is 432. The van der Waals surface area contributed by atoms with Crippen LogP contribution in [0.25, 0.3) is 0 Å². The molecule has 1 N–H and O–H groups in total. The lowest BCUT2D eigenvalue weighted by Crippen LogP contribution is -2.17. The largest absolute Gasteiger partial charge is 0.493 e. The molecule has 1 saturated carbocycles. The van der Waals surface area contributed by atoms with Crippen molar-refractivity contribution >= 4 is 11.6 Å². The highest BCUT2D eigenvalue weighted by atomic mass is 35.5. The number of nitrogens with one attached hydrogen (secondary N) is 1. The average molecular weight is 294 g/mol. The molecule has 106 valence electrons. The van der Waals surface area contributed by atoms with Gasteiger partial charge in [0.1, 0.15) is 5.75 Å². The molecule has 1 aliphatic rings. The molecule has 0 bridgehead atoms. The monoisotopic (exact) mass is 293 g/mol. The summed E-state index contributed by atoms with van der Waals surface area (Å²) in [6, 6.07) is 5.53. The van der Waals surface area contributed by atoms with Crippen molar-refractivity contribution in [2.45, 2.75) is 38.0 Å². The minimum absolute atomic E-state index is 0.389. The van der Waals surface area contributed by atoms with E-state index in [1.165, 1.54) is 0 Å². The van der Waals surface area contributed by atoms with Crippen molar-refractivity contribution in [1.82, 2.24) is 5.32 Å². The van der Waals surface area contributed by atoms with E-state index in [-0.39, 0.29) is 6.61 Å². The number of ether oxygens (including phenoxy) is 1. The molecule has 1 aromatic rings. The second-order valence-electron chi connectivity index (χ2n) is 4.59. The maximum atomic E-state index is 12.1. The highest BCUT2D eigenvalue weighted by Gasteiger charge is 2.27. The van der Waals surface area contributed by atoms with Gasteiger partial charge in [-0.15, -0.1) is 0 Å². The van der Waals surface area contributed by atoms with Crippen LogP contribution in [0.2, 0.25) is 5.02 Å². The van der Waals surface area contributed by atoms with Crippen LogP contribution in [0.3, 0.4) is 0 Å². The van der Waals surface area contributed by atoms with Gasteiger partial charge in [-0.25, -0.2) is 0 Å². The van der Waals surface area contributed by atoms with Crippen molar-refractivity contribution in [2.24, 2.45) is 0 Å². The van der Waals surface area contributed by atoms with Crippen LogP contribution >= 0.6 is 11.6 Å². The molecular weight excluding hydrogens is 279 g/mol. The minimum atomic E-state index is -4.20. The Labute approximate surface area is 114 Å². The molecule has 2 rings (SSSR count). The van der Waals surface area contributed by atoms with Crippen LogP contribution in [-0.2, 0) is 6.54 Å². The van der Waals surface area contributed by atoms with E-state index in [2.05, 4.69) is 5.32 Å². The second kappa shape index (κ2) is 6.01. The Balaban J connectivity index is 1.95. The van der Waals surface area contributed by atoms with Gasteiger partial charge in [0, 0.05) is 23.2 Å². The molecule has 0 amide bonds. The van der Waals surface area contributed by atoms with Gasteiger partial charge in [0.05, 0.1) is 13.0 Å². The normalized spacial score (nSPS) is 15.6. The zero-order valence-corrected chi connectivity index (χ0v) is 11.0. The van der Waals surface area contributed by atoms with Crippen LogP contribution in [0.15, 0.2) is 18.2 Å². The molecule has 0 aliphatic heterocycles. The van der Waals surface area contributed by atoms with Gasteiger partial charge in [-0.05, 0) is 25.0 Å². The van der Waals surface area contributed by atoms with Crippen LogP contribution < -0.4 is 10.1 Å². The number of benzene rings is 1. The Kier molecular flexibility index (Phi) is 4.58. The van der Waals surface area contributed by atoms with Crippen LogP contribution in [-0.4, -0.2) is 18.8 Å². The van der Waals surface area contributed by atoms with Gasteiger partial charge >= 0.3 is 6.18 Å². The molecule has 1 aromatic carbocycles. The Morgan fingerprint density at radius 2 is 2.05 bits per heavy atom. The predicted molar refractivity (Wildman–Crippen MR) is 67.5 cm³/mol. The highest BCUT2D eigenvalue weighted by molar-refractivity contribution is 6.31. The van der Waals surface area contributed by atoms with E-state index in [9.17, 15) is 13.2 Å². The summed E-state index contributed by atoms with van der Waals surface area (Å²) in [4.78, 5) is 0.